The van der Waals surface area contributed by atoms with Crippen molar-refractivity contribution < 1.29 is 14.7 Å². The molecule has 0 saturated heterocycles. The van der Waals surface area contributed by atoms with Crippen LogP contribution < -0.4 is 5.32 Å². The molecule has 0 aliphatic carbocycles. The van der Waals surface area contributed by atoms with Gasteiger partial charge < -0.3 is 15.3 Å². The number of carbonyl (C=O) groups is 2. The van der Waals surface area contributed by atoms with Gasteiger partial charge in [0.25, 0.3) is 0 Å². The van der Waals surface area contributed by atoms with Gasteiger partial charge in [0.15, 0.2) is 0 Å². The molecular weight excluding hydrogens is 240 g/mol. The molecule has 2 N–H and O–H groups in total. The first-order chi connectivity index (χ1) is 7.99. The molecule has 0 radical (unpaired) electrons. The Balaban J connectivity index is 2.34. The summed E-state index contributed by atoms with van der Waals surface area (Å²) in [6.45, 7) is 2.71. The number of aliphatic carboxylic acids is 1. The molecule has 0 unspecified atom stereocenters. The van der Waals surface area contributed by atoms with E-state index in [1.165, 1.54) is 9.78 Å². The summed E-state index contributed by atoms with van der Waals surface area (Å²) in [7, 11) is 1.69. The van der Waals surface area contributed by atoms with Crippen molar-refractivity contribution in [1.82, 2.24) is 10.2 Å². The number of rotatable bonds is 5. The number of carboxylic acids is 1. The molecule has 0 atom stereocenters. The number of hydrogen-bond donors (Lipinski definition) is 2. The summed E-state index contributed by atoms with van der Waals surface area (Å²) in [6.07, 6.45) is -0.0578. The van der Waals surface area contributed by atoms with E-state index in [0.717, 1.165) is 4.88 Å². The Morgan fingerprint density at radius 2 is 2.18 bits per heavy atom. The smallest absolute Gasteiger partial charge is 0.317 e. The lowest BCUT2D eigenvalue weighted by Gasteiger charge is -2.16. The minimum absolute atomic E-state index is 0.0578. The summed E-state index contributed by atoms with van der Waals surface area (Å²) < 4.78 is 0. The maximum absolute atomic E-state index is 11.6. The average molecular weight is 256 g/mol. The van der Waals surface area contributed by atoms with Gasteiger partial charge in [0.2, 0.25) is 0 Å². The molecule has 0 bridgehead atoms. The van der Waals surface area contributed by atoms with E-state index < -0.39 is 5.97 Å². The van der Waals surface area contributed by atoms with Gasteiger partial charge in [-0.15, -0.1) is 11.3 Å². The van der Waals surface area contributed by atoms with Crippen LogP contribution >= 0.6 is 11.3 Å². The summed E-state index contributed by atoms with van der Waals surface area (Å²) in [5, 5.41) is 11.0. The Morgan fingerprint density at radius 1 is 1.47 bits per heavy atom. The third-order valence-corrected chi connectivity index (χ3v) is 3.14. The predicted molar refractivity (Wildman–Crippen MR) is 66.2 cm³/mol. The summed E-state index contributed by atoms with van der Waals surface area (Å²) >= 11 is 1.65. The lowest BCUT2D eigenvalue weighted by atomic mass is 10.4. The molecule has 1 aromatic rings. The van der Waals surface area contributed by atoms with Crippen molar-refractivity contribution in [3.63, 3.8) is 0 Å². The molecular formula is C11H16N2O3S. The minimum atomic E-state index is -0.915. The number of hydrogen-bond acceptors (Lipinski definition) is 3. The molecule has 0 saturated carbocycles. The first-order valence-electron chi connectivity index (χ1n) is 5.25. The van der Waals surface area contributed by atoms with Gasteiger partial charge in [0.1, 0.15) is 0 Å². The quantitative estimate of drug-likeness (QED) is 0.842. The highest BCUT2D eigenvalue weighted by molar-refractivity contribution is 7.11. The number of carbonyl (C=O) groups excluding carboxylic acids is 1. The number of thiophene rings is 1. The Hall–Kier alpha value is -1.56. The van der Waals surface area contributed by atoms with Crippen molar-refractivity contribution in [2.75, 3.05) is 13.6 Å². The van der Waals surface area contributed by atoms with E-state index in [2.05, 4.69) is 5.32 Å². The second-order valence-electron chi connectivity index (χ2n) is 3.74. The number of urea groups is 1. The number of nitrogens with one attached hydrogen (secondary N) is 1. The van der Waals surface area contributed by atoms with Gasteiger partial charge in [-0.3, -0.25) is 4.79 Å². The Bertz CT molecular complexity index is 403. The van der Waals surface area contributed by atoms with Gasteiger partial charge in [0.05, 0.1) is 13.0 Å². The first-order valence-corrected chi connectivity index (χ1v) is 6.06. The minimum Gasteiger partial charge on any atom is -0.481 e. The van der Waals surface area contributed by atoms with E-state index in [-0.39, 0.29) is 19.0 Å². The largest absolute Gasteiger partial charge is 0.481 e. The van der Waals surface area contributed by atoms with Crippen molar-refractivity contribution in [2.45, 2.75) is 19.9 Å². The zero-order valence-electron chi connectivity index (χ0n) is 9.90. The lowest BCUT2D eigenvalue weighted by molar-refractivity contribution is -0.136. The molecule has 2 amide bonds. The Labute approximate surface area is 104 Å². The van der Waals surface area contributed by atoms with Crippen molar-refractivity contribution in [3.8, 4) is 0 Å². The fourth-order valence-electron chi connectivity index (χ4n) is 1.29. The standard InChI is InChI=1S/C11H16N2O3S/c1-8-3-4-9(17-8)7-13(2)11(16)12-6-5-10(14)15/h3-4H,5-7H2,1-2H3,(H,12,16)(H,14,15). The van der Waals surface area contributed by atoms with Gasteiger partial charge in [0, 0.05) is 23.3 Å². The van der Waals surface area contributed by atoms with Crippen molar-refractivity contribution in [1.29, 1.82) is 0 Å². The zero-order chi connectivity index (χ0) is 12.8. The van der Waals surface area contributed by atoms with Crippen molar-refractivity contribution in [3.05, 3.63) is 21.9 Å². The third kappa shape index (κ3) is 4.86. The Kier molecular flexibility index (Phi) is 4.96. The zero-order valence-corrected chi connectivity index (χ0v) is 10.7. The molecule has 0 aliphatic heterocycles. The van der Waals surface area contributed by atoms with Crippen LogP contribution in [0.1, 0.15) is 16.2 Å². The second-order valence-corrected chi connectivity index (χ2v) is 5.12. The SMILES string of the molecule is Cc1ccc(CN(C)C(=O)NCCC(=O)O)s1. The van der Waals surface area contributed by atoms with Crippen molar-refractivity contribution in [2.24, 2.45) is 0 Å². The van der Waals surface area contributed by atoms with Gasteiger partial charge in [-0.2, -0.15) is 0 Å². The topological polar surface area (TPSA) is 69.6 Å². The van der Waals surface area contributed by atoms with E-state index in [1.54, 1.807) is 18.4 Å². The van der Waals surface area contributed by atoms with Gasteiger partial charge in [-0.25, -0.2) is 4.79 Å². The van der Waals surface area contributed by atoms with Crippen LogP contribution in [-0.2, 0) is 11.3 Å². The molecule has 0 aliphatic rings. The number of amides is 2. The fraction of sp³-hybridized carbons (Fsp3) is 0.455. The van der Waals surface area contributed by atoms with Gasteiger partial charge in [-0.1, -0.05) is 0 Å². The molecule has 17 heavy (non-hydrogen) atoms. The van der Waals surface area contributed by atoms with Crippen molar-refractivity contribution >= 4 is 23.3 Å². The highest BCUT2D eigenvalue weighted by Gasteiger charge is 2.09. The molecule has 1 rings (SSSR count). The summed E-state index contributed by atoms with van der Waals surface area (Å²) in [6, 6.07) is 3.74. The van der Waals surface area contributed by atoms with E-state index in [9.17, 15) is 9.59 Å². The predicted octanol–water partition coefficient (Wildman–Crippen LogP) is 1.67. The summed E-state index contributed by atoms with van der Waals surface area (Å²) in [5.41, 5.74) is 0. The van der Waals surface area contributed by atoms with E-state index in [1.807, 2.05) is 19.1 Å². The fourth-order valence-corrected chi connectivity index (χ4v) is 2.23. The monoisotopic (exact) mass is 256 g/mol. The maximum Gasteiger partial charge on any atom is 0.317 e. The van der Waals surface area contributed by atoms with Crippen LogP contribution in [0, 0.1) is 6.92 Å². The lowest BCUT2D eigenvalue weighted by Crippen LogP contribution is -2.37. The van der Waals surface area contributed by atoms with Crippen LogP contribution in [0.25, 0.3) is 0 Å². The van der Waals surface area contributed by atoms with E-state index >= 15 is 0 Å². The van der Waals surface area contributed by atoms with E-state index in [0.29, 0.717) is 6.54 Å². The molecule has 0 fully saturated rings. The molecule has 0 aromatic carbocycles. The highest BCUT2D eigenvalue weighted by atomic mass is 32.1. The molecule has 1 heterocycles. The normalized spacial score (nSPS) is 10.0. The van der Waals surface area contributed by atoms with Crippen LogP contribution in [0.2, 0.25) is 0 Å². The van der Waals surface area contributed by atoms with Crippen LogP contribution in [0.5, 0.6) is 0 Å². The third-order valence-electron chi connectivity index (χ3n) is 2.15. The van der Waals surface area contributed by atoms with E-state index in [4.69, 9.17) is 5.11 Å². The number of carboxylic acid groups (broad SMARTS) is 1. The maximum atomic E-state index is 11.6. The molecule has 94 valence electrons. The number of nitrogens with zero attached hydrogens (tertiary/aromatic N) is 1. The second kappa shape index (κ2) is 6.24. The van der Waals surface area contributed by atoms with Crippen LogP contribution in [0.3, 0.4) is 0 Å². The molecule has 5 nitrogen and oxygen atoms in total. The van der Waals surface area contributed by atoms with Crippen LogP contribution in [0.4, 0.5) is 4.79 Å². The summed E-state index contributed by atoms with van der Waals surface area (Å²) in [5.74, 6) is -0.915. The summed E-state index contributed by atoms with van der Waals surface area (Å²) in [4.78, 5) is 25.7. The Morgan fingerprint density at radius 3 is 2.71 bits per heavy atom. The number of aryl methyl sites for hydroxylation is 1. The molecule has 0 spiro atoms. The molecule has 6 heteroatoms. The van der Waals surface area contributed by atoms with Crippen LogP contribution in [0.15, 0.2) is 12.1 Å². The van der Waals surface area contributed by atoms with Gasteiger partial charge in [-0.05, 0) is 19.1 Å². The molecule has 1 aromatic heterocycles. The van der Waals surface area contributed by atoms with Gasteiger partial charge >= 0.3 is 12.0 Å². The first kappa shape index (κ1) is 13.5. The highest BCUT2D eigenvalue weighted by Crippen LogP contribution is 2.16. The average Bonchev–Trinajstić information content (AvgIpc) is 2.63. The van der Waals surface area contributed by atoms with Crippen LogP contribution in [-0.4, -0.2) is 35.6 Å².